The zero-order valence-corrected chi connectivity index (χ0v) is 20.2. The fraction of sp³-hybridized carbons (Fsp3) is 0.458. The Morgan fingerprint density at radius 2 is 1.75 bits per heavy atom. The minimum absolute atomic E-state index is 0.147. The first kappa shape index (κ1) is 22.1. The van der Waals surface area contributed by atoms with E-state index in [0.29, 0.717) is 5.92 Å². The molecule has 3 heterocycles. The van der Waals surface area contributed by atoms with Crippen molar-refractivity contribution in [3.63, 3.8) is 0 Å². The number of ether oxygens (including phenoxy) is 1. The highest BCUT2D eigenvalue weighted by Gasteiger charge is 2.43. The highest BCUT2D eigenvalue weighted by molar-refractivity contribution is 6.67. The third kappa shape index (κ3) is 4.05. The zero-order valence-electron chi connectivity index (χ0n) is 17.9. The predicted octanol–water partition coefficient (Wildman–Crippen LogP) is 6.09. The quantitative estimate of drug-likeness (QED) is 0.473. The molecule has 0 aromatic heterocycles. The van der Waals surface area contributed by atoms with Gasteiger partial charge >= 0.3 is 6.09 Å². The Labute approximate surface area is 203 Å². The molecule has 5 rings (SSSR count). The SMILES string of the molecule is CN1CCC(C2c3cccc4c3N(CC4)c3ccccc3N2C(=O)OCC(Cl)(Cl)Cl)CC1. The summed E-state index contributed by atoms with van der Waals surface area (Å²) in [6.07, 6.45) is 2.52. The van der Waals surface area contributed by atoms with E-state index in [-0.39, 0.29) is 12.6 Å². The first-order valence-corrected chi connectivity index (χ1v) is 12.2. The van der Waals surface area contributed by atoms with E-state index < -0.39 is 9.89 Å². The Balaban J connectivity index is 1.66. The largest absolute Gasteiger partial charge is 0.445 e. The molecule has 0 N–H and O–H groups in total. The summed E-state index contributed by atoms with van der Waals surface area (Å²) < 4.78 is 3.90. The molecule has 170 valence electrons. The number of nitrogens with zero attached hydrogens (tertiary/aromatic N) is 3. The number of carbonyl (C=O) groups is 1. The highest BCUT2D eigenvalue weighted by atomic mass is 35.6. The van der Waals surface area contributed by atoms with Crippen LogP contribution >= 0.6 is 34.8 Å². The maximum absolute atomic E-state index is 13.6. The molecule has 3 aliphatic rings. The summed E-state index contributed by atoms with van der Waals surface area (Å²) >= 11 is 17.7. The average Bonchev–Trinajstić information content (AvgIpc) is 3.15. The third-order valence-corrected chi connectivity index (χ3v) is 7.15. The fourth-order valence-electron chi connectivity index (χ4n) is 5.38. The van der Waals surface area contributed by atoms with Crippen LogP contribution in [0.2, 0.25) is 0 Å². The number of fused-ring (bicyclic) bond motifs is 2. The van der Waals surface area contributed by atoms with Crippen molar-refractivity contribution in [3.8, 4) is 0 Å². The second kappa shape index (κ2) is 8.60. The molecule has 0 radical (unpaired) electrons. The molecule has 2 aromatic carbocycles. The molecule has 0 bridgehead atoms. The molecule has 1 fully saturated rings. The standard InChI is InChI=1S/C24H26Cl3N3O2/c1-28-12-9-17(10-13-28)22-18-6-4-5-16-11-14-29(21(16)18)19-7-2-3-8-20(19)30(22)23(31)32-15-24(25,26)27/h2-8,17,22H,9-15H2,1H3. The van der Waals surface area contributed by atoms with Gasteiger partial charge in [0.05, 0.1) is 17.4 Å². The van der Waals surface area contributed by atoms with Crippen LogP contribution in [0.5, 0.6) is 0 Å². The van der Waals surface area contributed by atoms with Gasteiger partial charge in [0.1, 0.15) is 6.61 Å². The third-order valence-electron chi connectivity index (χ3n) is 6.82. The summed E-state index contributed by atoms with van der Waals surface area (Å²) in [6.45, 7) is 2.59. The summed E-state index contributed by atoms with van der Waals surface area (Å²) in [5, 5.41) is 0. The van der Waals surface area contributed by atoms with E-state index in [4.69, 9.17) is 39.5 Å². The van der Waals surface area contributed by atoms with Crippen LogP contribution in [-0.2, 0) is 11.2 Å². The van der Waals surface area contributed by atoms with Gasteiger partial charge in [0.2, 0.25) is 3.79 Å². The smallest absolute Gasteiger partial charge is 0.415 e. The van der Waals surface area contributed by atoms with E-state index in [2.05, 4.69) is 41.1 Å². The van der Waals surface area contributed by atoms with Gasteiger partial charge in [0.25, 0.3) is 0 Å². The molecule has 32 heavy (non-hydrogen) atoms. The van der Waals surface area contributed by atoms with Crippen molar-refractivity contribution in [2.24, 2.45) is 5.92 Å². The van der Waals surface area contributed by atoms with Gasteiger partial charge in [-0.15, -0.1) is 0 Å². The number of benzene rings is 2. The number of alkyl halides is 3. The van der Waals surface area contributed by atoms with E-state index in [1.54, 1.807) is 0 Å². The highest BCUT2D eigenvalue weighted by Crippen LogP contribution is 2.52. The van der Waals surface area contributed by atoms with Crippen molar-refractivity contribution in [3.05, 3.63) is 53.6 Å². The van der Waals surface area contributed by atoms with Crippen LogP contribution in [0.4, 0.5) is 21.9 Å². The van der Waals surface area contributed by atoms with Gasteiger partial charge in [-0.05, 0) is 68.6 Å². The van der Waals surface area contributed by atoms with Crippen LogP contribution in [0.1, 0.15) is 30.0 Å². The molecular weight excluding hydrogens is 469 g/mol. The number of rotatable bonds is 2. The molecule has 2 aromatic rings. The van der Waals surface area contributed by atoms with E-state index >= 15 is 0 Å². The van der Waals surface area contributed by atoms with Gasteiger partial charge in [-0.2, -0.15) is 0 Å². The number of piperidine rings is 1. The summed E-state index contributed by atoms with van der Waals surface area (Å²) in [5.41, 5.74) is 5.60. The predicted molar refractivity (Wildman–Crippen MR) is 131 cm³/mol. The molecule has 0 aliphatic carbocycles. The number of halogens is 3. The van der Waals surface area contributed by atoms with Gasteiger partial charge in [-0.1, -0.05) is 65.1 Å². The number of likely N-dealkylation sites (tertiary alicyclic amines) is 1. The van der Waals surface area contributed by atoms with Crippen molar-refractivity contribution in [1.82, 2.24) is 4.90 Å². The van der Waals surface area contributed by atoms with Crippen LogP contribution in [0.25, 0.3) is 0 Å². The minimum Gasteiger partial charge on any atom is -0.445 e. The number of hydrogen-bond donors (Lipinski definition) is 0. The maximum Gasteiger partial charge on any atom is 0.415 e. The van der Waals surface area contributed by atoms with E-state index in [1.165, 1.54) is 16.8 Å². The van der Waals surface area contributed by atoms with Crippen molar-refractivity contribution >= 4 is 58.0 Å². The van der Waals surface area contributed by atoms with Crippen LogP contribution in [0, 0.1) is 5.92 Å². The number of anilines is 3. The zero-order chi connectivity index (χ0) is 22.5. The molecule has 8 heteroatoms. The number of carbonyl (C=O) groups excluding carboxylic acids is 1. The lowest BCUT2D eigenvalue weighted by Crippen LogP contribution is -2.43. The van der Waals surface area contributed by atoms with Gasteiger partial charge < -0.3 is 14.5 Å². The van der Waals surface area contributed by atoms with Crippen LogP contribution in [0.3, 0.4) is 0 Å². The monoisotopic (exact) mass is 493 g/mol. The first-order chi connectivity index (χ1) is 15.3. The minimum atomic E-state index is -1.66. The average molecular weight is 495 g/mol. The molecule has 5 nitrogen and oxygen atoms in total. The summed E-state index contributed by atoms with van der Waals surface area (Å²) in [6, 6.07) is 14.4. The number of para-hydroxylation sites is 3. The molecular formula is C24H26Cl3N3O2. The fourth-order valence-corrected chi connectivity index (χ4v) is 5.55. The Kier molecular flexibility index (Phi) is 5.95. The Hall–Kier alpha value is -1.66. The lowest BCUT2D eigenvalue weighted by atomic mass is 9.83. The number of amides is 1. The van der Waals surface area contributed by atoms with Crippen molar-refractivity contribution in [1.29, 1.82) is 0 Å². The molecule has 1 atom stereocenters. The summed E-state index contributed by atoms with van der Waals surface area (Å²) in [4.78, 5) is 20.1. The van der Waals surface area contributed by atoms with Crippen LogP contribution < -0.4 is 9.80 Å². The van der Waals surface area contributed by atoms with Gasteiger partial charge in [0, 0.05) is 12.2 Å². The molecule has 1 unspecified atom stereocenters. The lowest BCUT2D eigenvalue weighted by Gasteiger charge is -2.40. The molecule has 1 amide bonds. The Bertz CT molecular complexity index is 1020. The Morgan fingerprint density at radius 1 is 1.03 bits per heavy atom. The topological polar surface area (TPSA) is 36.0 Å². The van der Waals surface area contributed by atoms with E-state index in [0.717, 1.165) is 50.3 Å². The maximum atomic E-state index is 13.6. The van der Waals surface area contributed by atoms with Crippen LogP contribution in [-0.4, -0.2) is 48.1 Å². The van der Waals surface area contributed by atoms with Crippen molar-refractivity contribution in [2.45, 2.75) is 29.1 Å². The first-order valence-electron chi connectivity index (χ1n) is 11.0. The van der Waals surface area contributed by atoms with E-state index in [1.807, 2.05) is 23.1 Å². The number of hydrogen-bond acceptors (Lipinski definition) is 4. The van der Waals surface area contributed by atoms with Crippen molar-refractivity contribution < 1.29 is 9.53 Å². The van der Waals surface area contributed by atoms with Gasteiger partial charge in [0.15, 0.2) is 0 Å². The van der Waals surface area contributed by atoms with Gasteiger partial charge in [-0.3, -0.25) is 4.90 Å². The molecule has 0 spiro atoms. The molecule has 3 aliphatic heterocycles. The second-order valence-corrected chi connectivity index (χ2v) is 11.4. The van der Waals surface area contributed by atoms with Crippen LogP contribution in [0.15, 0.2) is 42.5 Å². The molecule has 1 saturated heterocycles. The second-order valence-electron chi connectivity index (χ2n) is 8.87. The van der Waals surface area contributed by atoms with Gasteiger partial charge in [-0.25, -0.2) is 4.79 Å². The Morgan fingerprint density at radius 3 is 2.47 bits per heavy atom. The molecule has 0 saturated carbocycles. The summed E-state index contributed by atoms with van der Waals surface area (Å²) in [7, 11) is 2.15. The lowest BCUT2D eigenvalue weighted by molar-refractivity contribution is 0.143. The summed E-state index contributed by atoms with van der Waals surface area (Å²) in [5.74, 6) is 0.298. The normalized spacial score (nSPS) is 21.2. The van der Waals surface area contributed by atoms with Crippen molar-refractivity contribution in [2.75, 3.05) is 43.1 Å². The van der Waals surface area contributed by atoms with E-state index in [9.17, 15) is 4.79 Å².